The molecule has 1 aromatic heterocycles. The van der Waals surface area contributed by atoms with Gasteiger partial charge in [-0.1, -0.05) is 6.07 Å². The maximum absolute atomic E-state index is 13.3. The number of rotatable bonds is 3. The van der Waals surface area contributed by atoms with Crippen LogP contribution in [0.2, 0.25) is 0 Å². The van der Waals surface area contributed by atoms with Crippen LogP contribution in [0.5, 0.6) is 0 Å². The van der Waals surface area contributed by atoms with Gasteiger partial charge in [0.1, 0.15) is 0 Å². The Morgan fingerprint density at radius 1 is 1.29 bits per heavy atom. The molecule has 2 aromatic rings. The van der Waals surface area contributed by atoms with Crippen LogP contribution >= 0.6 is 23.6 Å². The van der Waals surface area contributed by atoms with Crippen LogP contribution in [0, 0.1) is 11.6 Å². The van der Waals surface area contributed by atoms with Crippen LogP contribution < -0.4 is 16.0 Å². The van der Waals surface area contributed by atoms with Crippen LogP contribution in [0.1, 0.15) is 17.8 Å². The molecule has 124 valence electrons. The Bertz CT molecular complexity index is 834. The molecule has 0 saturated heterocycles. The summed E-state index contributed by atoms with van der Waals surface area (Å²) in [5, 5.41) is 10.9. The maximum Gasteiger partial charge on any atom is 0.255 e. The van der Waals surface area contributed by atoms with Gasteiger partial charge >= 0.3 is 0 Å². The summed E-state index contributed by atoms with van der Waals surface area (Å²) in [5.41, 5.74) is 1.23. The smallest absolute Gasteiger partial charge is 0.255 e. The Labute approximate surface area is 146 Å². The van der Waals surface area contributed by atoms with E-state index in [2.05, 4.69) is 16.0 Å². The van der Waals surface area contributed by atoms with Gasteiger partial charge in [0.05, 0.1) is 11.6 Å². The van der Waals surface area contributed by atoms with E-state index < -0.39 is 23.6 Å². The molecule has 0 radical (unpaired) electrons. The van der Waals surface area contributed by atoms with Crippen molar-refractivity contribution >= 4 is 40.3 Å². The molecule has 3 N–H and O–H groups in total. The molecule has 0 aliphatic carbocycles. The number of hydrogen-bond donors (Lipinski definition) is 3. The average molecular weight is 365 g/mol. The quantitative estimate of drug-likeness (QED) is 0.729. The Hall–Kier alpha value is -2.32. The summed E-state index contributed by atoms with van der Waals surface area (Å²) in [7, 11) is 0. The minimum absolute atomic E-state index is 0.178. The van der Waals surface area contributed by atoms with E-state index in [0.717, 1.165) is 17.0 Å². The monoisotopic (exact) mass is 365 g/mol. The number of hydrogen-bond acceptors (Lipinski definition) is 3. The molecule has 0 spiro atoms. The van der Waals surface area contributed by atoms with Gasteiger partial charge in [-0.25, -0.2) is 8.78 Å². The predicted octanol–water partition coefficient (Wildman–Crippen LogP) is 3.46. The molecule has 1 amide bonds. The molecule has 4 nitrogen and oxygen atoms in total. The van der Waals surface area contributed by atoms with Crippen molar-refractivity contribution in [1.82, 2.24) is 10.6 Å². The Balaban J connectivity index is 1.91. The van der Waals surface area contributed by atoms with Gasteiger partial charge < -0.3 is 16.0 Å². The van der Waals surface area contributed by atoms with Crippen molar-refractivity contribution in [3.8, 4) is 0 Å². The Morgan fingerprint density at radius 3 is 2.75 bits per heavy atom. The third kappa shape index (κ3) is 3.29. The Morgan fingerprint density at radius 2 is 2.08 bits per heavy atom. The second-order valence-corrected chi connectivity index (χ2v) is 6.56. The minimum atomic E-state index is -1.02. The molecule has 0 saturated carbocycles. The molecule has 0 bridgehead atoms. The van der Waals surface area contributed by atoms with Crippen LogP contribution in [0.4, 0.5) is 14.5 Å². The largest absolute Gasteiger partial charge is 0.350 e. The number of amides is 1. The summed E-state index contributed by atoms with van der Waals surface area (Å²) in [6.45, 7) is 1.74. The second kappa shape index (κ2) is 6.66. The molecule has 1 aromatic carbocycles. The highest BCUT2D eigenvalue weighted by Gasteiger charge is 2.30. The van der Waals surface area contributed by atoms with Crippen molar-refractivity contribution in [2.24, 2.45) is 0 Å². The molecule has 1 aliphatic heterocycles. The van der Waals surface area contributed by atoms with E-state index in [-0.39, 0.29) is 5.69 Å². The number of carbonyl (C=O) groups excluding carboxylic acids is 1. The molecule has 1 aliphatic rings. The first-order valence-electron chi connectivity index (χ1n) is 7.04. The molecule has 3 rings (SSSR count). The topological polar surface area (TPSA) is 53.2 Å². The lowest BCUT2D eigenvalue weighted by Crippen LogP contribution is -2.45. The fourth-order valence-corrected chi connectivity index (χ4v) is 3.49. The van der Waals surface area contributed by atoms with E-state index in [1.807, 2.05) is 17.5 Å². The summed E-state index contributed by atoms with van der Waals surface area (Å²) < 4.78 is 26.3. The summed E-state index contributed by atoms with van der Waals surface area (Å²) in [6.07, 6.45) is 0. The number of allylic oxidation sites excluding steroid dienone is 1. The van der Waals surface area contributed by atoms with Crippen molar-refractivity contribution in [1.29, 1.82) is 0 Å². The number of benzene rings is 1. The number of thiophene rings is 1. The summed E-state index contributed by atoms with van der Waals surface area (Å²) in [5.74, 6) is -2.40. The van der Waals surface area contributed by atoms with E-state index in [0.29, 0.717) is 16.4 Å². The van der Waals surface area contributed by atoms with E-state index in [9.17, 15) is 13.6 Å². The van der Waals surface area contributed by atoms with Crippen molar-refractivity contribution in [2.45, 2.75) is 13.0 Å². The van der Waals surface area contributed by atoms with Crippen LogP contribution in [0.3, 0.4) is 0 Å². The number of anilines is 1. The normalized spacial score (nSPS) is 17.3. The SMILES string of the molecule is CC1=C(C(=O)Nc2ccc(F)c(F)c2)[C@H](c2cccs2)NC(=S)N1. The molecule has 24 heavy (non-hydrogen) atoms. The average Bonchev–Trinajstić information content (AvgIpc) is 3.04. The van der Waals surface area contributed by atoms with Crippen LogP contribution in [-0.4, -0.2) is 11.0 Å². The predicted molar refractivity (Wildman–Crippen MR) is 93.6 cm³/mol. The van der Waals surface area contributed by atoms with E-state index in [4.69, 9.17) is 12.2 Å². The van der Waals surface area contributed by atoms with Crippen LogP contribution in [0.25, 0.3) is 0 Å². The number of halogens is 2. The summed E-state index contributed by atoms with van der Waals surface area (Å²) in [4.78, 5) is 13.6. The fourth-order valence-electron chi connectivity index (χ4n) is 2.44. The van der Waals surface area contributed by atoms with Gasteiger partial charge in [0, 0.05) is 22.3 Å². The van der Waals surface area contributed by atoms with Crippen molar-refractivity contribution < 1.29 is 13.6 Å². The van der Waals surface area contributed by atoms with Crippen LogP contribution in [0.15, 0.2) is 47.0 Å². The van der Waals surface area contributed by atoms with Gasteiger partial charge in [0.2, 0.25) is 0 Å². The third-order valence-electron chi connectivity index (χ3n) is 3.52. The van der Waals surface area contributed by atoms with Gasteiger partial charge in [-0.2, -0.15) is 0 Å². The molecule has 0 fully saturated rings. The molecular formula is C16H13F2N3OS2. The second-order valence-electron chi connectivity index (χ2n) is 5.17. The van der Waals surface area contributed by atoms with Gasteiger partial charge in [-0.15, -0.1) is 11.3 Å². The van der Waals surface area contributed by atoms with Gasteiger partial charge in [0.15, 0.2) is 16.7 Å². The van der Waals surface area contributed by atoms with Gasteiger partial charge in [-0.3, -0.25) is 4.79 Å². The van der Waals surface area contributed by atoms with Crippen molar-refractivity contribution in [3.63, 3.8) is 0 Å². The van der Waals surface area contributed by atoms with E-state index in [1.165, 1.54) is 17.4 Å². The maximum atomic E-state index is 13.3. The summed E-state index contributed by atoms with van der Waals surface area (Å²) in [6, 6.07) is 6.60. The molecule has 0 unspecified atom stereocenters. The first-order chi connectivity index (χ1) is 11.5. The lowest BCUT2D eigenvalue weighted by molar-refractivity contribution is -0.113. The summed E-state index contributed by atoms with van der Waals surface area (Å²) >= 11 is 6.65. The highest BCUT2D eigenvalue weighted by molar-refractivity contribution is 7.80. The van der Waals surface area contributed by atoms with E-state index >= 15 is 0 Å². The number of carbonyl (C=O) groups is 1. The minimum Gasteiger partial charge on any atom is -0.350 e. The van der Waals surface area contributed by atoms with E-state index in [1.54, 1.807) is 6.92 Å². The number of thiocarbonyl (C=S) groups is 1. The zero-order valence-corrected chi connectivity index (χ0v) is 14.2. The van der Waals surface area contributed by atoms with Crippen LogP contribution in [-0.2, 0) is 4.79 Å². The molecule has 8 heteroatoms. The first-order valence-corrected chi connectivity index (χ1v) is 8.32. The fraction of sp³-hybridized carbons (Fsp3) is 0.125. The van der Waals surface area contributed by atoms with Crippen molar-refractivity contribution in [3.05, 3.63) is 63.5 Å². The molecule has 2 heterocycles. The molecular weight excluding hydrogens is 352 g/mol. The first kappa shape index (κ1) is 16.5. The lowest BCUT2D eigenvalue weighted by atomic mass is 10.0. The third-order valence-corrected chi connectivity index (χ3v) is 4.68. The highest BCUT2D eigenvalue weighted by atomic mass is 32.1. The lowest BCUT2D eigenvalue weighted by Gasteiger charge is -2.29. The zero-order valence-electron chi connectivity index (χ0n) is 12.5. The zero-order chi connectivity index (χ0) is 17.3. The number of nitrogens with one attached hydrogen (secondary N) is 3. The standard InChI is InChI=1S/C16H13F2N3OS2/c1-8-13(14(21-16(23)19-8)12-3-2-6-24-12)15(22)20-9-4-5-10(17)11(18)7-9/h2-7,14H,1H3,(H,20,22)(H2,19,21,23)/t14-/m0/s1. The Kier molecular flexibility index (Phi) is 4.59. The molecule has 1 atom stereocenters. The van der Waals surface area contributed by atoms with Gasteiger partial charge in [-0.05, 0) is 42.7 Å². The van der Waals surface area contributed by atoms with Crippen molar-refractivity contribution in [2.75, 3.05) is 5.32 Å². The highest BCUT2D eigenvalue weighted by Crippen LogP contribution is 2.30. The van der Waals surface area contributed by atoms with Gasteiger partial charge in [0.25, 0.3) is 5.91 Å².